The number of halogens is 2. The van der Waals surface area contributed by atoms with E-state index >= 15 is 0 Å². The molecule has 0 radical (unpaired) electrons. The van der Waals surface area contributed by atoms with Crippen LogP contribution in [0.5, 0.6) is 5.19 Å². The van der Waals surface area contributed by atoms with E-state index in [4.69, 9.17) is 4.74 Å². The molecule has 6 nitrogen and oxygen atoms in total. The summed E-state index contributed by atoms with van der Waals surface area (Å²) >= 11 is 1.40. The van der Waals surface area contributed by atoms with Crippen LogP contribution in [0.1, 0.15) is 61.6 Å². The van der Waals surface area contributed by atoms with Gasteiger partial charge >= 0.3 is 0 Å². The van der Waals surface area contributed by atoms with Crippen molar-refractivity contribution < 1.29 is 18.3 Å². The Hall–Kier alpha value is -2.13. The first-order valence-corrected chi connectivity index (χ1v) is 13.0. The molecule has 186 valence electrons. The Bertz CT molecular complexity index is 989. The minimum atomic E-state index is -2.85. The number of rotatable bonds is 10. The third kappa shape index (κ3) is 7.43. The number of thiazole rings is 1. The van der Waals surface area contributed by atoms with E-state index in [9.17, 15) is 13.6 Å². The molecule has 0 amide bonds. The van der Waals surface area contributed by atoms with E-state index in [2.05, 4.69) is 15.0 Å². The molecule has 1 fully saturated rings. The van der Waals surface area contributed by atoms with Gasteiger partial charge in [0, 0.05) is 50.1 Å². The maximum Gasteiger partial charge on any atom is 0.278 e. The Kier molecular flexibility index (Phi) is 8.14. The lowest BCUT2D eigenvalue weighted by Crippen LogP contribution is -2.32. The lowest BCUT2D eigenvalue weighted by Gasteiger charge is -2.31. The second-order valence-corrected chi connectivity index (χ2v) is 10.9. The predicted molar refractivity (Wildman–Crippen MR) is 129 cm³/mol. The van der Waals surface area contributed by atoms with Crippen LogP contribution in [-0.4, -0.2) is 51.1 Å². The fourth-order valence-corrected chi connectivity index (χ4v) is 5.73. The molecule has 1 aliphatic carbocycles. The fourth-order valence-electron chi connectivity index (χ4n) is 4.83. The van der Waals surface area contributed by atoms with Gasteiger partial charge in [0.1, 0.15) is 0 Å². The van der Waals surface area contributed by atoms with Crippen molar-refractivity contribution in [2.75, 3.05) is 19.7 Å². The number of allylic oxidation sites excluding steroid dienone is 1. The molecule has 0 atom stereocenters. The van der Waals surface area contributed by atoms with Crippen LogP contribution in [0, 0.1) is 11.8 Å². The van der Waals surface area contributed by atoms with Gasteiger partial charge in [-0.2, -0.15) is 5.10 Å². The fraction of sp³-hybridized carbons (Fsp3) is 0.640. The summed E-state index contributed by atoms with van der Waals surface area (Å²) in [5.74, 6) is -1.45. The van der Waals surface area contributed by atoms with Crippen LogP contribution in [0.4, 0.5) is 8.78 Å². The molecule has 0 saturated heterocycles. The Morgan fingerprint density at radius 2 is 2.06 bits per heavy atom. The summed E-state index contributed by atoms with van der Waals surface area (Å²) in [5.41, 5.74) is 1.93. The molecule has 0 spiro atoms. The third-order valence-electron chi connectivity index (χ3n) is 6.73. The number of nitrogens with zero attached hydrogens (tertiary/aromatic N) is 4. The van der Waals surface area contributed by atoms with Gasteiger partial charge in [-0.05, 0) is 56.2 Å². The maximum atomic E-state index is 13.0. The first-order valence-electron chi connectivity index (χ1n) is 12.1. The summed E-state index contributed by atoms with van der Waals surface area (Å²) in [4.78, 5) is 20.4. The molecule has 0 unspecified atom stereocenters. The van der Waals surface area contributed by atoms with Crippen LogP contribution in [-0.2, 0) is 24.8 Å². The molecule has 2 aliphatic rings. The first-order chi connectivity index (χ1) is 16.2. The monoisotopic (exact) mass is 492 g/mol. The molecule has 1 saturated carbocycles. The van der Waals surface area contributed by atoms with Crippen LogP contribution in [0.3, 0.4) is 0 Å². The molecule has 34 heavy (non-hydrogen) atoms. The molecule has 3 heterocycles. The van der Waals surface area contributed by atoms with E-state index in [1.54, 1.807) is 17.0 Å². The smallest absolute Gasteiger partial charge is 0.278 e. The maximum absolute atomic E-state index is 13.0. The highest BCUT2D eigenvalue weighted by molar-refractivity contribution is 7.13. The molecule has 0 aromatic carbocycles. The average molecular weight is 493 g/mol. The largest absolute Gasteiger partial charge is 0.464 e. The predicted octanol–water partition coefficient (Wildman–Crippen LogP) is 5.14. The summed E-state index contributed by atoms with van der Waals surface area (Å²) in [7, 11) is 1.87. The highest BCUT2D eigenvalue weighted by atomic mass is 32.1. The van der Waals surface area contributed by atoms with E-state index in [-0.39, 0.29) is 5.78 Å². The number of aryl methyl sites for hydroxylation is 1. The van der Waals surface area contributed by atoms with E-state index in [1.807, 2.05) is 19.3 Å². The standard InChI is InChI=1S/C25H34F2N4O2S/c1-25(26,27)17-33-24-29-22-16-31(12-10-23(22)34-24)11-9-18-3-5-19(6-4-18)13-21(32)8-7-20-14-28-30(2)15-20/h7-8,14-15,18-19H,3-6,9-13,16-17H2,1-2H3/b8-7+. The highest BCUT2D eigenvalue weighted by Crippen LogP contribution is 2.34. The van der Waals surface area contributed by atoms with Crippen molar-refractivity contribution in [1.82, 2.24) is 19.7 Å². The SMILES string of the molecule is Cn1cc(/C=C/C(=O)CC2CCC(CCN3CCc4sc(OCC(C)(F)F)nc4C3)CC2)cn1. The molecular weight excluding hydrogens is 458 g/mol. The van der Waals surface area contributed by atoms with Crippen molar-refractivity contribution in [3.05, 3.63) is 34.6 Å². The average Bonchev–Trinajstić information content (AvgIpc) is 3.40. The van der Waals surface area contributed by atoms with Crippen LogP contribution in [0.15, 0.2) is 18.5 Å². The summed E-state index contributed by atoms with van der Waals surface area (Å²) in [6, 6.07) is 0. The van der Waals surface area contributed by atoms with E-state index in [0.29, 0.717) is 23.5 Å². The Balaban J connectivity index is 1.15. The number of alkyl halides is 2. The topological polar surface area (TPSA) is 60.2 Å². The summed E-state index contributed by atoms with van der Waals surface area (Å²) < 4.78 is 33.0. The van der Waals surface area contributed by atoms with Gasteiger partial charge in [0.2, 0.25) is 0 Å². The molecule has 0 N–H and O–H groups in total. The number of carbonyl (C=O) groups is 1. The van der Waals surface area contributed by atoms with Crippen LogP contribution in [0.25, 0.3) is 6.08 Å². The number of hydrogen-bond acceptors (Lipinski definition) is 6. The van der Waals surface area contributed by atoms with Gasteiger partial charge in [0.15, 0.2) is 12.4 Å². The summed E-state index contributed by atoms with van der Waals surface area (Å²) in [5, 5.41) is 4.47. The minimum absolute atomic E-state index is 0.200. The van der Waals surface area contributed by atoms with Gasteiger partial charge in [-0.3, -0.25) is 14.4 Å². The van der Waals surface area contributed by atoms with Gasteiger partial charge < -0.3 is 4.74 Å². The number of ether oxygens (including phenoxy) is 1. The normalized spacial score (nSPS) is 21.6. The van der Waals surface area contributed by atoms with Crippen molar-refractivity contribution in [3.8, 4) is 5.19 Å². The summed E-state index contributed by atoms with van der Waals surface area (Å²) in [6.45, 7) is 3.01. The second-order valence-electron chi connectivity index (χ2n) is 9.86. The van der Waals surface area contributed by atoms with Gasteiger partial charge in [0.25, 0.3) is 11.1 Å². The summed E-state index contributed by atoms with van der Waals surface area (Å²) in [6.07, 6.45) is 14.5. The van der Waals surface area contributed by atoms with Gasteiger partial charge in [-0.25, -0.2) is 13.8 Å². The Morgan fingerprint density at radius 1 is 1.29 bits per heavy atom. The molecule has 1 aliphatic heterocycles. The van der Waals surface area contributed by atoms with Gasteiger partial charge in [0.05, 0.1) is 11.9 Å². The van der Waals surface area contributed by atoms with Crippen molar-refractivity contribution >= 4 is 23.2 Å². The Labute approximate surface area is 204 Å². The zero-order valence-corrected chi connectivity index (χ0v) is 20.8. The van der Waals surface area contributed by atoms with E-state index in [0.717, 1.165) is 68.4 Å². The van der Waals surface area contributed by atoms with Crippen molar-refractivity contribution in [1.29, 1.82) is 0 Å². The van der Waals surface area contributed by atoms with Gasteiger partial charge in [-0.15, -0.1) is 0 Å². The quantitative estimate of drug-likeness (QED) is 0.430. The van der Waals surface area contributed by atoms with E-state index < -0.39 is 12.5 Å². The van der Waals surface area contributed by atoms with Crippen LogP contribution >= 0.6 is 11.3 Å². The number of fused-ring (bicyclic) bond motifs is 1. The zero-order valence-electron chi connectivity index (χ0n) is 20.0. The van der Waals surface area contributed by atoms with Crippen molar-refractivity contribution in [2.45, 2.75) is 64.3 Å². The molecule has 0 bridgehead atoms. The number of hydrogen-bond donors (Lipinski definition) is 0. The lowest BCUT2D eigenvalue weighted by molar-refractivity contribution is -0.115. The number of carbonyl (C=O) groups excluding carboxylic acids is 1. The minimum Gasteiger partial charge on any atom is -0.464 e. The molecule has 4 rings (SSSR count). The third-order valence-corrected chi connectivity index (χ3v) is 7.80. The number of aromatic nitrogens is 3. The first kappa shape index (κ1) is 25.0. The van der Waals surface area contributed by atoms with Crippen LogP contribution in [0.2, 0.25) is 0 Å². The molecular formula is C25H34F2N4O2S. The highest BCUT2D eigenvalue weighted by Gasteiger charge is 2.27. The molecule has 2 aromatic rings. The molecule has 9 heteroatoms. The zero-order chi connectivity index (χ0) is 24.1. The molecule has 2 aromatic heterocycles. The van der Waals surface area contributed by atoms with Gasteiger partial charge in [-0.1, -0.05) is 24.2 Å². The second kappa shape index (κ2) is 11.1. The number of ketones is 1. The Morgan fingerprint density at radius 3 is 2.76 bits per heavy atom. The van der Waals surface area contributed by atoms with E-state index in [1.165, 1.54) is 24.2 Å². The van der Waals surface area contributed by atoms with Crippen molar-refractivity contribution in [2.24, 2.45) is 18.9 Å². The lowest BCUT2D eigenvalue weighted by atomic mass is 9.78. The van der Waals surface area contributed by atoms with Crippen molar-refractivity contribution in [3.63, 3.8) is 0 Å². The van der Waals surface area contributed by atoms with Crippen LogP contribution < -0.4 is 4.74 Å².